The first-order valence-corrected chi connectivity index (χ1v) is 13.8. The van der Waals surface area contributed by atoms with Crippen molar-refractivity contribution in [3.63, 3.8) is 0 Å². The third-order valence-electron chi connectivity index (χ3n) is 6.16. The van der Waals surface area contributed by atoms with Gasteiger partial charge >= 0.3 is 0 Å². The summed E-state index contributed by atoms with van der Waals surface area (Å²) in [5.74, 6) is 0.348. The Morgan fingerprint density at radius 2 is 1.81 bits per heavy atom. The standard InChI is InChI=1S/C23H24FN7O4S2/c1-13-12-36-22(27-13)21-28-29-23(31(21)19-16(34-2)7-5-8-17(19)35-3)30-37(32,33)18-9-4-6-15(18)20-25-10-14(24)11-26-20/h5,7-8,10-12,15,18H,4,6,9H2,1-3H3,(H,29,30)/t15-,18-/m0/s1. The van der Waals surface area contributed by atoms with Crippen LogP contribution in [0, 0.1) is 12.7 Å². The number of rotatable bonds is 8. The molecule has 11 nitrogen and oxygen atoms in total. The Bertz CT molecular complexity index is 1500. The quantitative estimate of drug-likeness (QED) is 0.351. The molecule has 3 aromatic heterocycles. The van der Waals surface area contributed by atoms with Gasteiger partial charge in [-0.05, 0) is 31.9 Å². The second kappa shape index (κ2) is 10.0. The van der Waals surface area contributed by atoms with Crippen LogP contribution in [-0.2, 0) is 10.0 Å². The zero-order valence-electron chi connectivity index (χ0n) is 20.3. The van der Waals surface area contributed by atoms with Crippen molar-refractivity contribution in [1.82, 2.24) is 29.7 Å². The molecule has 37 heavy (non-hydrogen) atoms. The molecule has 0 aliphatic heterocycles. The average molecular weight is 546 g/mol. The van der Waals surface area contributed by atoms with Gasteiger partial charge in [0.15, 0.2) is 16.6 Å². The molecule has 1 fully saturated rings. The van der Waals surface area contributed by atoms with E-state index in [-0.39, 0.29) is 5.95 Å². The van der Waals surface area contributed by atoms with Gasteiger partial charge in [-0.2, -0.15) is 0 Å². The van der Waals surface area contributed by atoms with Crippen molar-refractivity contribution in [2.24, 2.45) is 0 Å². The Morgan fingerprint density at radius 3 is 2.43 bits per heavy atom. The number of anilines is 1. The summed E-state index contributed by atoms with van der Waals surface area (Å²) in [6.45, 7) is 1.85. The number of aromatic nitrogens is 6. The van der Waals surface area contributed by atoms with Gasteiger partial charge in [0.05, 0.1) is 31.9 Å². The predicted octanol–water partition coefficient (Wildman–Crippen LogP) is 3.72. The Balaban J connectivity index is 1.60. The van der Waals surface area contributed by atoms with Crippen LogP contribution in [0.4, 0.5) is 10.3 Å². The van der Waals surface area contributed by atoms with Crippen molar-refractivity contribution in [2.75, 3.05) is 18.9 Å². The Labute approximate surface area is 216 Å². The molecular weight excluding hydrogens is 521 g/mol. The first kappa shape index (κ1) is 25.0. The summed E-state index contributed by atoms with van der Waals surface area (Å²) < 4.78 is 56.1. The lowest BCUT2D eigenvalue weighted by molar-refractivity contribution is 0.391. The highest BCUT2D eigenvalue weighted by Crippen LogP contribution is 2.40. The number of nitrogens with one attached hydrogen (secondary N) is 1. The molecule has 194 valence electrons. The third-order valence-corrected chi connectivity index (χ3v) is 8.94. The number of aryl methyl sites for hydroxylation is 1. The van der Waals surface area contributed by atoms with E-state index in [1.165, 1.54) is 30.1 Å². The fourth-order valence-electron chi connectivity index (χ4n) is 4.52. The van der Waals surface area contributed by atoms with Gasteiger partial charge in [0.1, 0.15) is 23.0 Å². The van der Waals surface area contributed by atoms with Gasteiger partial charge < -0.3 is 9.47 Å². The number of methoxy groups -OCH3 is 2. The number of sulfonamides is 1. The van der Waals surface area contributed by atoms with Crippen molar-refractivity contribution < 1.29 is 22.3 Å². The summed E-state index contributed by atoms with van der Waals surface area (Å²) in [4.78, 5) is 12.6. The molecule has 0 bridgehead atoms. The lowest BCUT2D eigenvalue weighted by Crippen LogP contribution is -2.31. The number of ether oxygens (including phenoxy) is 2. The van der Waals surface area contributed by atoms with Crippen LogP contribution in [0.25, 0.3) is 16.5 Å². The van der Waals surface area contributed by atoms with Gasteiger partial charge in [0, 0.05) is 17.0 Å². The van der Waals surface area contributed by atoms with E-state index in [1.54, 1.807) is 18.2 Å². The molecule has 5 rings (SSSR count). The highest BCUT2D eigenvalue weighted by atomic mass is 32.2. The van der Waals surface area contributed by atoms with Crippen LogP contribution in [0.15, 0.2) is 36.0 Å². The van der Waals surface area contributed by atoms with Crippen molar-refractivity contribution in [3.8, 4) is 28.0 Å². The van der Waals surface area contributed by atoms with Gasteiger partial charge in [0.25, 0.3) is 0 Å². The van der Waals surface area contributed by atoms with E-state index in [0.29, 0.717) is 53.1 Å². The van der Waals surface area contributed by atoms with Gasteiger partial charge in [-0.3, -0.25) is 9.29 Å². The molecule has 1 N–H and O–H groups in total. The summed E-state index contributed by atoms with van der Waals surface area (Å²) in [6, 6.07) is 5.21. The number of para-hydroxylation sites is 1. The molecule has 1 saturated carbocycles. The van der Waals surface area contributed by atoms with E-state index in [1.807, 2.05) is 12.3 Å². The van der Waals surface area contributed by atoms with Gasteiger partial charge in [-0.15, -0.1) is 21.5 Å². The molecular formula is C23H24FN7O4S2. The van der Waals surface area contributed by atoms with E-state index >= 15 is 0 Å². The first-order chi connectivity index (χ1) is 17.8. The molecule has 3 heterocycles. The smallest absolute Gasteiger partial charge is 0.243 e. The highest BCUT2D eigenvalue weighted by molar-refractivity contribution is 7.93. The van der Waals surface area contributed by atoms with Crippen molar-refractivity contribution in [2.45, 2.75) is 37.4 Å². The van der Waals surface area contributed by atoms with Crippen molar-refractivity contribution >= 4 is 27.3 Å². The fourth-order valence-corrected chi connectivity index (χ4v) is 6.99. The predicted molar refractivity (Wildman–Crippen MR) is 135 cm³/mol. The largest absolute Gasteiger partial charge is 0.494 e. The lowest BCUT2D eigenvalue weighted by atomic mass is 10.1. The van der Waals surface area contributed by atoms with Gasteiger partial charge in [0.2, 0.25) is 16.0 Å². The molecule has 0 saturated heterocycles. The number of hydrogen-bond acceptors (Lipinski definition) is 10. The number of thiazole rings is 1. The first-order valence-electron chi connectivity index (χ1n) is 11.4. The Kier molecular flexibility index (Phi) is 6.77. The van der Waals surface area contributed by atoms with Crippen molar-refractivity contribution in [1.29, 1.82) is 0 Å². The van der Waals surface area contributed by atoms with Gasteiger partial charge in [-0.25, -0.2) is 27.8 Å². The zero-order valence-corrected chi connectivity index (χ0v) is 21.9. The average Bonchev–Trinajstić information content (AvgIpc) is 3.64. The minimum atomic E-state index is -4.00. The summed E-state index contributed by atoms with van der Waals surface area (Å²) in [5, 5.41) is 10.0. The Morgan fingerprint density at radius 1 is 1.11 bits per heavy atom. The molecule has 0 spiro atoms. The molecule has 4 aromatic rings. The van der Waals surface area contributed by atoms with Crippen LogP contribution < -0.4 is 14.2 Å². The molecule has 0 radical (unpaired) electrons. The molecule has 1 aromatic carbocycles. The van der Waals surface area contributed by atoms with Gasteiger partial charge in [-0.1, -0.05) is 12.5 Å². The number of hydrogen-bond donors (Lipinski definition) is 1. The second-order valence-corrected chi connectivity index (χ2v) is 11.2. The SMILES string of the molecule is COc1cccc(OC)c1-n1c(NS(=O)(=O)[C@H]2CCC[C@@H]2c2ncc(F)cn2)nnc1-c1nc(C)cs1. The molecule has 0 unspecified atom stereocenters. The minimum absolute atomic E-state index is 0.0451. The maximum Gasteiger partial charge on any atom is 0.243 e. The molecule has 1 aliphatic rings. The summed E-state index contributed by atoms with van der Waals surface area (Å²) in [7, 11) is -0.989. The monoisotopic (exact) mass is 545 g/mol. The van der Waals surface area contributed by atoms with Crippen LogP contribution in [0.2, 0.25) is 0 Å². The van der Waals surface area contributed by atoms with Crippen LogP contribution in [0.1, 0.15) is 36.7 Å². The summed E-state index contributed by atoms with van der Waals surface area (Å²) >= 11 is 1.35. The topological polar surface area (TPSA) is 134 Å². The van der Waals surface area contributed by atoms with E-state index in [0.717, 1.165) is 18.1 Å². The molecule has 1 aliphatic carbocycles. The van der Waals surface area contributed by atoms with Crippen molar-refractivity contribution in [3.05, 3.63) is 53.3 Å². The third kappa shape index (κ3) is 4.73. The van der Waals surface area contributed by atoms with E-state index in [2.05, 4.69) is 29.9 Å². The van der Waals surface area contributed by atoms with Crippen LogP contribution in [-0.4, -0.2) is 57.6 Å². The minimum Gasteiger partial charge on any atom is -0.494 e. The zero-order chi connectivity index (χ0) is 26.2. The number of nitrogens with zero attached hydrogens (tertiary/aromatic N) is 6. The normalized spacial score (nSPS) is 17.6. The number of benzene rings is 1. The molecule has 2 atom stereocenters. The number of halogens is 1. The van der Waals surface area contributed by atoms with Crippen LogP contribution in [0.5, 0.6) is 11.5 Å². The molecule has 0 amide bonds. The van der Waals surface area contributed by atoms with Crippen LogP contribution in [0.3, 0.4) is 0 Å². The van der Waals surface area contributed by atoms with E-state index in [9.17, 15) is 12.8 Å². The maximum atomic E-state index is 13.7. The van der Waals surface area contributed by atoms with Crippen LogP contribution >= 0.6 is 11.3 Å². The Hall–Kier alpha value is -3.65. The summed E-state index contributed by atoms with van der Waals surface area (Å²) in [5.41, 5.74) is 1.21. The summed E-state index contributed by atoms with van der Waals surface area (Å²) in [6.07, 6.45) is 3.71. The molecule has 14 heteroatoms. The fraction of sp³-hybridized carbons (Fsp3) is 0.348. The van der Waals surface area contributed by atoms with E-state index in [4.69, 9.17) is 9.47 Å². The lowest BCUT2D eigenvalue weighted by Gasteiger charge is -2.21. The second-order valence-electron chi connectivity index (χ2n) is 8.47. The maximum absolute atomic E-state index is 13.7. The van der Waals surface area contributed by atoms with E-state index < -0.39 is 27.0 Å². The highest BCUT2D eigenvalue weighted by Gasteiger charge is 2.41.